The van der Waals surface area contributed by atoms with Crippen molar-refractivity contribution in [3.8, 4) is 17.2 Å². The van der Waals surface area contributed by atoms with Gasteiger partial charge in [0.25, 0.3) is 0 Å². The largest absolute Gasteiger partial charge is 0.453 e. The molecule has 4 rings (SSSR count). The Morgan fingerprint density at radius 2 is 1.39 bits per heavy atom. The topological polar surface area (TPSA) is 36.9 Å². The lowest BCUT2D eigenvalue weighted by Crippen LogP contribution is -2.37. The van der Waals surface area contributed by atoms with E-state index < -0.39 is 70.3 Å². The van der Waals surface area contributed by atoms with Crippen LogP contribution in [0.4, 0.5) is 43.9 Å². The van der Waals surface area contributed by atoms with Gasteiger partial charge in [0.05, 0.1) is 18.6 Å². The van der Waals surface area contributed by atoms with E-state index in [0.29, 0.717) is 25.4 Å². The van der Waals surface area contributed by atoms with Gasteiger partial charge < -0.3 is 18.9 Å². The van der Waals surface area contributed by atoms with Gasteiger partial charge in [-0.1, -0.05) is 25.5 Å². The summed E-state index contributed by atoms with van der Waals surface area (Å²) < 4.78 is 160. The summed E-state index contributed by atoms with van der Waals surface area (Å²) >= 11 is 0. The second kappa shape index (κ2) is 15.0. The maximum Gasteiger partial charge on any atom is 0.432 e. The molecule has 0 N–H and O–H groups in total. The Morgan fingerprint density at radius 1 is 0.804 bits per heavy atom. The van der Waals surface area contributed by atoms with Gasteiger partial charge in [0.1, 0.15) is 28.7 Å². The van der Waals surface area contributed by atoms with E-state index in [9.17, 15) is 43.9 Å². The summed E-state index contributed by atoms with van der Waals surface area (Å²) in [5.41, 5.74) is -2.05. The molecule has 46 heavy (non-hydrogen) atoms. The fourth-order valence-corrected chi connectivity index (χ4v) is 5.68. The molecule has 1 saturated heterocycles. The first-order chi connectivity index (χ1) is 21.7. The standard InChI is InChI=1S/C32H32F10O4/c1-2-3-19-7-11-21(43-16-19)10-6-18-4-8-20(9-5-18)31(39,40)45-22-12-24(33)29(25(34)13-22)32(41,42)46-23-14-26(35)30(27(36)15-23)44-17-28(37)38/h6,10,12-15,17-21H,2-5,7-9,11,16H2,1H3/b10-6+. The molecular weight excluding hydrogens is 638 g/mol. The van der Waals surface area contributed by atoms with Gasteiger partial charge in [0, 0.05) is 24.3 Å². The maximum absolute atomic E-state index is 15.0. The van der Waals surface area contributed by atoms with Gasteiger partial charge in [0.15, 0.2) is 23.6 Å². The van der Waals surface area contributed by atoms with Crippen molar-refractivity contribution in [2.24, 2.45) is 17.8 Å². The van der Waals surface area contributed by atoms with Crippen LogP contribution in [0.25, 0.3) is 0 Å². The van der Waals surface area contributed by atoms with E-state index in [1.807, 2.05) is 12.2 Å². The van der Waals surface area contributed by atoms with E-state index in [1.165, 1.54) is 0 Å². The molecule has 2 aliphatic rings. The zero-order valence-corrected chi connectivity index (χ0v) is 24.6. The van der Waals surface area contributed by atoms with Crippen LogP contribution in [0.2, 0.25) is 0 Å². The molecule has 2 aromatic rings. The minimum atomic E-state index is -4.91. The molecule has 1 heterocycles. The summed E-state index contributed by atoms with van der Waals surface area (Å²) in [7, 11) is 0. The zero-order valence-electron chi connectivity index (χ0n) is 24.6. The molecule has 2 aromatic carbocycles. The monoisotopic (exact) mass is 670 g/mol. The van der Waals surface area contributed by atoms with E-state index in [0.717, 1.165) is 25.7 Å². The summed E-state index contributed by atoms with van der Waals surface area (Å²) in [5.74, 6) is -12.0. The summed E-state index contributed by atoms with van der Waals surface area (Å²) in [5, 5.41) is 0. The third-order valence-electron chi connectivity index (χ3n) is 7.99. The molecule has 0 aromatic heterocycles. The molecule has 1 saturated carbocycles. The fourth-order valence-electron chi connectivity index (χ4n) is 5.68. The van der Waals surface area contributed by atoms with E-state index in [4.69, 9.17) is 4.74 Å². The Bertz CT molecular complexity index is 1350. The third-order valence-corrected chi connectivity index (χ3v) is 7.99. The molecule has 4 nitrogen and oxygen atoms in total. The van der Waals surface area contributed by atoms with Crippen molar-refractivity contribution in [3.05, 3.63) is 77.6 Å². The van der Waals surface area contributed by atoms with E-state index in [-0.39, 0.29) is 55.4 Å². The summed E-state index contributed by atoms with van der Waals surface area (Å²) in [4.78, 5) is 0. The summed E-state index contributed by atoms with van der Waals surface area (Å²) in [6.45, 7) is 2.82. The van der Waals surface area contributed by atoms with Gasteiger partial charge in [-0.05, 0) is 56.8 Å². The molecule has 254 valence electrons. The average molecular weight is 671 g/mol. The van der Waals surface area contributed by atoms with Crippen LogP contribution in [-0.4, -0.2) is 18.8 Å². The normalized spacial score (nSPS) is 22.5. The number of allylic oxidation sites excluding steroid dienone is 1. The van der Waals surface area contributed by atoms with Crippen molar-refractivity contribution < 1.29 is 62.9 Å². The number of rotatable bonds is 12. The van der Waals surface area contributed by atoms with Crippen LogP contribution in [0.3, 0.4) is 0 Å². The molecule has 0 radical (unpaired) electrons. The van der Waals surface area contributed by atoms with Gasteiger partial charge in [0.2, 0.25) is 0 Å². The maximum atomic E-state index is 15.0. The van der Waals surface area contributed by atoms with E-state index in [2.05, 4.69) is 21.1 Å². The van der Waals surface area contributed by atoms with Crippen LogP contribution in [0, 0.1) is 41.0 Å². The van der Waals surface area contributed by atoms with Gasteiger partial charge in [-0.25, -0.2) is 17.6 Å². The highest BCUT2D eigenvalue weighted by Crippen LogP contribution is 2.43. The lowest BCUT2D eigenvalue weighted by molar-refractivity contribution is -0.223. The quantitative estimate of drug-likeness (QED) is 0.128. The van der Waals surface area contributed by atoms with Gasteiger partial charge >= 0.3 is 18.3 Å². The van der Waals surface area contributed by atoms with Crippen molar-refractivity contribution in [3.63, 3.8) is 0 Å². The molecule has 2 unspecified atom stereocenters. The van der Waals surface area contributed by atoms with Gasteiger partial charge in [-0.15, -0.1) is 0 Å². The number of ether oxygens (including phenoxy) is 4. The SMILES string of the molecule is CCCC1CCC(/C=C/C2CCC(C(F)(F)Oc3cc(F)c(C(F)(F)Oc4cc(F)c(OC=C(F)F)c(F)c4)c(F)c3)CC2)OC1. The van der Waals surface area contributed by atoms with Crippen LogP contribution in [0.5, 0.6) is 17.2 Å². The smallest absolute Gasteiger partial charge is 0.432 e. The molecule has 14 heteroatoms. The Labute approximate surface area is 259 Å². The first-order valence-electron chi connectivity index (χ1n) is 14.8. The highest BCUT2D eigenvalue weighted by molar-refractivity contribution is 5.37. The Kier molecular flexibility index (Phi) is 11.5. The van der Waals surface area contributed by atoms with Crippen molar-refractivity contribution >= 4 is 0 Å². The Morgan fingerprint density at radius 3 is 1.93 bits per heavy atom. The van der Waals surface area contributed by atoms with Crippen LogP contribution >= 0.6 is 0 Å². The van der Waals surface area contributed by atoms with Gasteiger partial charge in [-0.2, -0.15) is 26.3 Å². The molecule has 0 bridgehead atoms. The lowest BCUT2D eigenvalue weighted by atomic mass is 9.81. The molecule has 1 aliphatic carbocycles. The molecular formula is C32H32F10O4. The van der Waals surface area contributed by atoms with Crippen molar-refractivity contribution in [1.29, 1.82) is 0 Å². The molecule has 0 spiro atoms. The summed E-state index contributed by atoms with van der Waals surface area (Å²) in [6, 6.07) is 0.425. The predicted octanol–water partition coefficient (Wildman–Crippen LogP) is 10.4. The minimum Gasteiger partial charge on any atom is -0.453 e. The first kappa shape index (κ1) is 35.4. The van der Waals surface area contributed by atoms with Crippen LogP contribution in [0.15, 0.2) is 48.8 Å². The molecule has 1 aliphatic heterocycles. The minimum absolute atomic E-state index is 0.0123. The number of benzene rings is 2. The number of hydrogen-bond acceptors (Lipinski definition) is 4. The van der Waals surface area contributed by atoms with Crippen molar-refractivity contribution in [2.45, 2.75) is 76.6 Å². The Hall–Kier alpha value is -3.42. The zero-order chi connectivity index (χ0) is 33.6. The van der Waals surface area contributed by atoms with Crippen molar-refractivity contribution in [1.82, 2.24) is 0 Å². The second-order valence-electron chi connectivity index (χ2n) is 11.4. The Balaban J connectivity index is 1.36. The highest BCUT2D eigenvalue weighted by Gasteiger charge is 2.45. The third kappa shape index (κ3) is 9.10. The fraction of sp³-hybridized carbons (Fsp3) is 0.500. The van der Waals surface area contributed by atoms with Crippen molar-refractivity contribution in [2.75, 3.05) is 6.61 Å². The summed E-state index contributed by atoms with van der Waals surface area (Å²) in [6.07, 6.45) is -2.54. The van der Waals surface area contributed by atoms with Crippen LogP contribution < -0.4 is 14.2 Å². The molecule has 2 fully saturated rings. The predicted molar refractivity (Wildman–Crippen MR) is 146 cm³/mol. The van der Waals surface area contributed by atoms with E-state index >= 15 is 0 Å². The second-order valence-corrected chi connectivity index (χ2v) is 11.4. The number of alkyl halides is 4. The average Bonchev–Trinajstić information content (AvgIpc) is 2.95. The first-order valence-corrected chi connectivity index (χ1v) is 14.8. The molecule has 2 atom stereocenters. The van der Waals surface area contributed by atoms with E-state index in [1.54, 1.807) is 0 Å². The number of hydrogen-bond donors (Lipinski definition) is 0. The lowest BCUT2D eigenvalue weighted by Gasteiger charge is -2.33. The number of halogens is 10. The highest BCUT2D eigenvalue weighted by atomic mass is 19.3. The van der Waals surface area contributed by atoms with Gasteiger partial charge in [-0.3, -0.25) is 0 Å². The van der Waals surface area contributed by atoms with Crippen LogP contribution in [0.1, 0.15) is 63.9 Å². The molecule has 0 amide bonds. The van der Waals surface area contributed by atoms with Crippen LogP contribution in [-0.2, 0) is 10.8 Å².